The number of hydrogen-bond donors (Lipinski definition) is 1. The molecule has 3 rings (SSSR count). The molecule has 0 aromatic carbocycles. The Hall–Kier alpha value is -1.24. The second-order valence-corrected chi connectivity index (χ2v) is 5.93. The molecule has 0 bridgehead atoms. The van der Waals surface area contributed by atoms with Crippen LogP contribution in [0.4, 0.5) is 0 Å². The summed E-state index contributed by atoms with van der Waals surface area (Å²) >= 11 is 3.08. The second kappa shape index (κ2) is 4.79. The summed E-state index contributed by atoms with van der Waals surface area (Å²) in [6.45, 7) is 3.10. The van der Waals surface area contributed by atoms with Gasteiger partial charge in [-0.05, 0) is 18.4 Å². The van der Waals surface area contributed by atoms with Crippen molar-refractivity contribution in [3.05, 3.63) is 27.4 Å². The summed E-state index contributed by atoms with van der Waals surface area (Å²) in [6, 6.07) is 2.17. The molecule has 6 heteroatoms. The number of hydrogen-bond acceptors (Lipinski definition) is 5. The molecule has 0 aliphatic carbocycles. The monoisotopic (exact) mass is 280 g/mol. The van der Waals surface area contributed by atoms with Gasteiger partial charge in [-0.25, -0.2) is 4.98 Å². The Bertz CT molecular complexity index is 559. The molecule has 0 radical (unpaired) electrons. The fourth-order valence-electron chi connectivity index (χ4n) is 1.69. The van der Waals surface area contributed by atoms with E-state index in [9.17, 15) is 4.79 Å². The van der Waals surface area contributed by atoms with Crippen LogP contribution in [0.1, 0.15) is 15.4 Å². The molecule has 0 spiro atoms. The Labute approximate surface area is 113 Å². The highest BCUT2D eigenvalue weighted by molar-refractivity contribution is 7.17. The van der Waals surface area contributed by atoms with E-state index in [2.05, 4.69) is 10.3 Å². The van der Waals surface area contributed by atoms with E-state index in [0.29, 0.717) is 18.1 Å². The third-order valence-corrected chi connectivity index (χ3v) is 4.63. The minimum atomic E-state index is -0.0419. The van der Waals surface area contributed by atoms with Crippen LogP contribution in [-0.4, -0.2) is 30.1 Å². The molecule has 1 N–H and O–H groups in total. The van der Waals surface area contributed by atoms with Crippen molar-refractivity contribution in [1.82, 2.24) is 10.3 Å². The van der Waals surface area contributed by atoms with Crippen LogP contribution < -0.4 is 5.32 Å². The zero-order valence-electron chi connectivity index (χ0n) is 9.80. The lowest BCUT2D eigenvalue weighted by atomic mass is 10.2. The van der Waals surface area contributed by atoms with Crippen LogP contribution in [0, 0.1) is 6.92 Å². The molecule has 0 saturated carbocycles. The molecule has 3 heterocycles. The van der Waals surface area contributed by atoms with Crippen LogP contribution in [0.3, 0.4) is 0 Å². The van der Waals surface area contributed by atoms with E-state index in [0.717, 1.165) is 16.3 Å². The van der Waals surface area contributed by atoms with Gasteiger partial charge < -0.3 is 10.1 Å². The maximum absolute atomic E-state index is 12.1. The van der Waals surface area contributed by atoms with Crippen molar-refractivity contribution in [2.24, 2.45) is 0 Å². The van der Waals surface area contributed by atoms with Crippen molar-refractivity contribution in [3.63, 3.8) is 0 Å². The first-order valence-corrected chi connectivity index (χ1v) is 7.38. The molecule has 2 aromatic rings. The van der Waals surface area contributed by atoms with Crippen LogP contribution in [0.2, 0.25) is 0 Å². The van der Waals surface area contributed by atoms with Crippen molar-refractivity contribution >= 4 is 28.6 Å². The standard InChI is InChI=1S/C12H12N2O2S2/c1-7-10(11(15)14-9-4-16-5-9)18-12(13-7)8-2-3-17-6-8/h2-3,6,9H,4-5H2,1H3,(H,14,15). The van der Waals surface area contributed by atoms with Gasteiger partial charge in [0, 0.05) is 10.9 Å². The molecule has 1 fully saturated rings. The Morgan fingerprint density at radius 3 is 3.00 bits per heavy atom. The number of nitrogens with zero attached hydrogens (tertiary/aromatic N) is 1. The van der Waals surface area contributed by atoms with Gasteiger partial charge in [0.1, 0.15) is 9.88 Å². The van der Waals surface area contributed by atoms with Crippen LogP contribution in [0.25, 0.3) is 10.6 Å². The highest BCUT2D eigenvalue weighted by Gasteiger charge is 2.23. The van der Waals surface area contributed by atoms with Crippen LogP contribution >= 0.6 is 22.7 Å². The van der Waals surface area contributed by atoms with Gasteiger partial charge in [-0.15, -0.1) is 11.3 Å². The topological polar surface area (TPSA) is 51.2 Å². The summed E-state index contributed by atoms with van der Waals surface area (Å²) < 4.78 is 5.04. The number of thiazole rings is 1. The zero-order chi connectivity index (χ0) is 12.5. The molecule has 1 aliphatic heterocycles. The normalized spacial score (nSPS) is 15.4. The van der Waals surface area contributed by atoms with Gasteiger partial charge in [0.25, 0.3) is 5.91 Å². The van der Waals surface area contributed by atoms with Gasteiger partial charge in [-0.3, -0.25) is 4.79 Å². The maximum Gasteiger partial charge on any atom is 0.263 e. The quantitative estimate of drug-likeness (QED) is 0.938. The number of rotatable bonds is 3. The van der Waals surface area contributed by atoms with E-state index in [1.165, 1.54) is 11.3 Å². The van der Waals surface area contributed by atoms with E-state index in [1.54, 1.807) is 11.3 Å². The molecule has 18 heavy (non-hydrogen) atoms. The van der Waals surface area contributed by atoms with E-state index in [1.807, 2.05) is 23.8 Å². The zero-order valence-corrected chi connectivity index (χ0v) is 11.4. The number of carbonyl (C=O) groups excluding carboxylic acids is 1. The number of aromatic nitrogens is 1. The molecule has 0 unspecified atom stereocenters. The van der Waals surface area contributed by atoms with Gasteiger partial charge in [0.2, 0.25) is 0 Å². The molecule has 1 aliphatic rings. The van der Waals surface area contributed by atoms with Crippen molar-refractivity contribution in [1.29, 1.82) is 0 Å². The molecule has 1 saturated heterocycles. The molecule has 94 valence electrons. The van der Waals surface area contributed by atoms with Gasteiger partial charge in [0.05, 0.1) is 24.9 Å². The van der Waals surface area contributed by atoms with Gasteiger partial charge in [0.15, 0.2) is 0 Å². The number of carbonyl (C=O) groups is 1. The fraction of sp³-hybridized carbons (Fsp3) is 0.333. The summed E-state index contributed by atoms with van der Waals surface area (Å²) in [5, 5.41) is 7.90. The average Bonchev–Trinajstić information content (AvgIpc) is 2.91. The first-order valence-electron chi connectivity index (χ1n) is 5.62. The minimum absolute atomic E-state index is 0.0419. The predicted octanol–water partition coefficient (Wildman–Crippen LogP) is 2.31. The van der Waals surface area contributed by atoms with E-state index in [4.69, 9.17) is 4.74 Å². The molecular formula is C12H12N2O2S2. The number of thiophene rings is 1. The SMILES string of the molecule is Cc1nc(-c2ccsc2)sc1C(=O)NC1COC1. The number of aryl methyl sites for hydroxylation is 1. The predicted molar refractivity (Wildman–Crippen MR) is 72.2 cm³/mol. The number of amides is 1. The van der Waals surface area contributed by atoms with Crippen LogP contribution in [-0.2, 0) is 4.74 Å². The lowest BCUT2D eigenvalue weighted by Gasteiger charge is -2.26. The fourth-order valence-corrected chi connectivity index (χ4v) is 3.37. The summed E-state index contributed by atoms with van der Waals surface area (Å²) in [7, 11) is 0. The molecule has 1 amide bonds. The van der Waals surface area contributed by atoms with Crippen molar-refractivity contribution in [3.8, 4) is 10.6 Å². The Morgan fingerprint density at radius 2 is 2.39 bits per heavy atom. The first kappa shape index (κ1) is 11.8. The highest BCUT2D eigenvalue weighted by Crippen LogP contribution is 2.29. The van der Waals surface area contributed by atoms with Crippen molar-refractivity contribution in [2.45, 2.75) is 13.0 Å². The summed E-state index contributed by atoms with van der Waals surface area (Å²) in [5.41, 5.74) is 1.87. The number of nitrogens with one attached hydrogen (secondary N) is 1. The first-order chi connectivity index (χ1) is 8.74. The minimum Gasteiger partial charge on any atom is -0.377 e. The Morgan fingerprint density at radius 1 is 1.56 bits per heavy atom. The molecule has 0 atom stereocenters. The summed E-state index contributed by atoms with van der Waals surface area (Å²) in [4.78, 5) is 17.2. The van der Waals surface area contributed by atoms with Crippen molar-refractivity contribution < 1.29 is 9.53 Å². The van der Waals surface area contributed by atoms with Gasteiger partial charge in [-0.1, -0.05) is 0 Å². The van der Waals surface area contributed by atoms with Crippen LogP contribution in [0.15, 0.2) is 16.8 Å². The lowest BCUT2D eigenvalue weighted by Crippen LogP contribution is -2.48. The van der Waals surface area contributed by atoms with Gasteiger partial charge in [-0.2, -0.15) is 11.3 Å². The molecule has 4 nitrogen and oxygen atoms in total. The van der Waals surface area contributed by atoms with Crippen molar-refractivity contribution in [2.75, 3.05) is 13.2 Å². The summed E-state index contributed by atoms with van der Waals surface area (Å²) in [5.74, 6) is -0.0419. The van der Waals surface area contributed by atoms with Crippen LogP contribution in [0.5, 0.6) is 0 Å². The van der Waals surface area contributed by atoms with Gasteiger partial charge >= 0.3 is 0 Å². The van der Waals surface area contributed by atoms with E-state index >= 15 is 0 Å². The highest BCUT2D eigenvalue weighted by atomic mass is 32.1. The van der Waals surface area contributed by atoms with E-state index in [-0.39, 0.29) is 11.9 Å². The number of ether oxygens (including phenoxy) is 1. The van der Waals surface area contributed by atoms with E-state index < -0.39 is 0 Å². The summed E-state index contributed by atoms with van der Waals surface area (Å²) in [6.07, 6.45) is 0. The average molecular weight is 280 g/mol. The lowest BCUT2D eigenvalue weighted by molar-refractivity contribution is -0.00340. The largest absolute Gasteiger partial charge is 0.377 e. The Kier molecular flexibility index (Phi) is 3.15. The third kappa shape index (κ3) is 2.19. The smallest absolute Gasteiger partial charge is 0.263 e. The Balaban J connectivity index is 1.81. The second-order valence-electron chi connectivity index (χ2n) is 4.15. The third-order valence-electron chi connectivity index (χ3n) is 2.74. The molecular weight excluding hydrogens is 268 g/mol. The molecule has 2 aromatic heterocycles. The maximum atomic E-state index is 12.1.